The van der Waals surface area contributed by atoms with Gasteiger partial charge in [-0.3, -0.25) is 9.78 Å². The fourth-order valence-electron chi connectivity index (χ4n) is 2.97. The molecule has 23 heavy (non-hydrogen) atoms. The summed E-state index contributed by atoms with van der Waals surface area (Å²) >= 11 is 5.94. The number of pyridine rings is 1. The lowest BCUT2D eigenvalue weighted by molar-refractivity contribution is -0.120. The van der Waals surface area contributed by atoms with Gasteiger partial charge in [0.2, 0.25) is 6.41 Å². The van der Waals surface area contributed by atoms with Gasteiger partial charge in [-0.25, -0.2) is 9.50 Å². The first-order chi connectivity index (χ1) is 11.2. The zero-order valence-electron chi connectivity index (χ0n) is 12.5. The van der Waals surface area contributed by atoms with Gasteiger partial charge in [0, 0.05) is 30.9 Å². The van der Waals surface area contributed by atoms with E-state index >= 15 is 0 Å². The van der Waals surface area contributed by atoms with Crippen molar-refractivity contribution in [1.82, 2.24) is 24.5 Å². The standard InChI is InChI=1S/C16H14ClN5O/c1-10-12-2-3-14(19-13(12)4-5-21(10)9-23)15-6-16-18-7-11(17)8-22(16)20-15/h2-3,6-10H,4-5H2,1H3. The minimum absolute atomic E-state index is 0.0549. The Balaban J connectivity index is 1.76. The third kappa shape index (κ3) is 2.35. The number of hydrogen-bond donors (Lipinski definition) is 0. The van der Waals surface area contributed by atoms with Crippen LogP contribution < -0.4 is 0 Å². The molecular weight excluding hydrogens is 314 g/mol. The maximum atomic E-state index is 11.1. The van der Waals surface area contributed by atoms with Crippen LogP contribution in [0.15, 0.2) is 30.6 Å². The van der Waals surface area contributed by atoms with Crippen LogP contribution in [-0.4, -0.2) is 37.4 Å². The molecule has 1 unspecified atom stereocenters. The lowest BCUT2D eigenvalue weighted by atomic mass is 9.98. The van der Waals surface area contributed by atoms with Crippen LogP contribution in [0.1, 0.15) is 24.2 Å². The Labute approximate surface area is 137 Å². The second-order valence-electron chi connectivity index (χ2n) is 5.61. The van der Waals surface area contributed by atoms with Crippen LogP contribution in [0.3, 0.4) is 0 Å². The minimum Gasteiger partial charge on any atom is -0.338 e. The number of halogens is 1. The maximum absolute atomic E-state index is 11.1. The van der Waals surface area contributed by atoms with Gasteiger partial charge in [-0.15, -0.1) is 0 Å². The first-order valence-electron chi connectivity index (χ1n) is 7.38. The number of aromatic nitrogens is 4. The molecule has 1 aliphatic rings. The van der Waals surface area contributed by atoms with Gasteiger partial charge >= 0.3 is 0 Å². The van der Waals surface area contributed by atoms with E-state index in [2.05, 4.69) is 10.1 Å². The highest BCUT2D eigenvalue weighted by Crippen LogP contribution is 2.29. The number of carbonyl (C=O) groups is 1. The fraction of sp³-hybridized carbons (Fsp3) is 0.250. The number of carbonyl (C=O) groups excluding carboxylic acids is 1. The van der Waals surface area contributed by atoms with E-state index in [9.17, 15) is 4.79 Å². The van der Waals surface area contributed by atoms with E-state index in [-0.39, 0.29) is 6.04 Å². The second kappa shape index (κ2) is 5.31. The van der Waals surface area contributed by atoms with Crippen molar-refractivity contribution in [2.75, 3.05) is 6.54 Å². The molecule has 1 aliphatic heterocycles. The predicted octanol–water partition coefficient (Wildman–Crippen LogP) is 2.52. The Morgan fingerprint density at radius 1 is 1.35 bits per heavy atom. The van der Waals surface area contributed by atoms with Gasteiger partial charge in [0.1, 0.15) is 5.69 Å². The molecule has 0 saturated carbocycles. The molecule has 1 atom stereocenters. The average Bonchev–Trinajstić information content (AvgIpc) is 2.98. The van der Waals surface area contributed by atoms with Gasteiger partial charge in [-0.2, -0.15) is 5.10 Å². The number of hydrogen-bond acceptors (Lipinski definition) is 4. The largest absolute Gasteiger partial charge is 0.338 e. The van der Waals surface area contributed by atoms with Crippen LogP contribution in [0.4, 0.5) is 0 Å². The molecule has 0 aromatic carbocycles. The molecule has 0 fully saturated rings. The van der Waals surface area contributed by atoms with Crippen molar-refractivity contribution in [3.63, 3.8) is 0 Å². The number of rotatable bonds is 2. The van der Waals surface area contributed by atoms with Gasteiger partial charge in [0.25, 0.3) is 0 Å². The lowest BCUT2D eigenvalue weighted by Gasteiger charge is -2.31. The van der Waals surface area contributed by atoms with Crippen molar-refractivity contribution in [3.05, 3.63) is 46.9 Å². The first-order valence-corrected chi connectivity index (χ1v) is 7.75. The average molecular weight is 328 g/mol. The number of amides is 1. The summed E-state index contributed by atoms with van der Waals surface area (Å²) in [7, 11) is 0. The van der Waals surface area contributed by atoms with Crippen LogP contribution in [0.25, 0.3) is 17.0 Å². The summed E-state index contributed by atoms with van der Waals surface area (Å²) in [5.74, 6) is 0. The lowest BCUT2D eigenvalue weighted by Crippen LogP contribution is -2.33. The van der Waals surface area contributed by atoms with Crippen molar-refractivity contribution in [1.29, 1.82) is 0 Å². The topological polar surface area (TPSA) is 63.4 Å². The van der Waals surface area contributed by atoms with E-state index in [1.54, 1.807) is 21.8 Å². The Morgan fingerprint density at radius 2 is 2.22 bits per heavy atom. The smallest absolute Gasteiger partial charge is 0.210 e. The molecular formula is C16H14ClN5O. The maximum Gasteiger partial charge on any atom is 0.210 e. The molecule has 1 amide bonds. The summed E-state index contributed by atoms with van der Waals surface area (Å²) in [6, 6.07) is 5.91. The zero-order valence-corrected chi connectivity index (χ0v) is 13.2. The van der Waals surface area contributed by atoms with Crippen LogP contribution in [0.2, 0.25) is 5.02 Å². The quantitative estimate of drug-likeness (QED) is 0.678. The van der Waals surface area contributed by atoms with Crippen molar-refractivity contribution >= 4 is 23.7 Å². The summed E-state index contributed by atoms with van der Waals surface area (Å²) in [5, 5.41) is 5.02. The molecule has 3 aromatic heterocycles. The van der Waals surface area contributed by atoms with Gasteiger partial charge in [0.15, 0.2) is 5.65 Å². The van der Waals surface area contributed by atoms with E-state index in [1.165, 1.54) is 0 Å². The summed E-state index contributed by atoms with van der Waals surface area (Å²) in [5.41, 5.74) is 4.41. The molecule has 7 heteroatoms. The fourth-order valence-corrected chi connectivity index (χ4v) is 3.11. The first kappa shape index (κ1) is 14.1. The molecule has 4 rings (SSSR count). The predicted molar refractivity (Wildman–Crippen MR) is 86.1 cm³/mol. The highest BCUT2D eigenvalue weighted by atomic mass is 35.5. The van der Waals surface area contributed by atoms with E-state index in [1.807, 2.05) is 25.1 Å². The minimum atomic E-state index is 0.0549. The highest BCUT2D eigenvalue weighted by molar-refractivity contribution is 6.30. The summed E-state index contributed by atoms with van der Waals surface area (Å²) in [4.78, 5) is 21.8. The van der Waals surface area contributed by atoms with E-state index in [0.29, 0.717) is 11.6 Å². The summed E-state index contributed by atoms with van der Waals surface area (Å²) < 4.78 is 1.65. The van der Waals surface area contributed by atoms with E-state index < -0.39 is 0 Å². The van der Waals surface area contributed by atoms with E-state index in [4.69, 9.17) is 16.6 Å². The molecule has 116 valence electrons. The molecule has 6 nitrogen and oxygen atoms in total. The van der Waals surface area contributed by atoms with Crippen molar-refractivity contribution in [2.45, 2.75) is 19.4 Å². The highest BCUT2D eigenvalue weighted by Gasteiger charge is 2.24. The second-order valence-corrected chi connectivity index (χ2v) is 6.04. The van der Waals surface area contributed by atoms with Crippen LogP contribution >= 0.6 is 11.6 Å². The molecule has 0 aliphatic carbocycles. The summed E-state index contributed by atoms with van der Waals surface area (Å²) in [6.45, 7) is 2.71. The van der Waals surface area contributed by atoms with Crippen LogP contribution in [-0.2, 0) is 11.2 Å². The number of nitrogens with zero attached hydrogens (tertiary/aromatic N) is 5. The van der Waals surface area contributed by atoms with Crippen LogP contribution in [0.5, 0.6) is 0 Å². The Hall–Kier alpha value is -2.47. The van der Waals surface area contributed by atoms with Crippen molar-refractivity contribution in [2.24, 2.45) is 0 Å². The molecule has 4 heterocycles. The molecule has 0 N–H and O–H groups in total. The molecule has 0 spiro atoms. The van der Waals surface area contributed by atoms with Crippen molar-refractivity contribution < 1.29 is 4.79 Å². The number of fused-ring (bicyclic) bond motifs is 2. The zero-order chi connectivity index (χ0) is 16.0. The summed E-state index contributed by atoms with van der Waals surface area (Å²) in [6.07, 6.45) is 4.97. The third-order valence-corrected chi connectivity index (χ3v) is 4.44. The van der Waals surface area contributed by atoms with Gasteiger partial charge < -0.3 is 4.90 Å². The van der Waals surface area contributed by atoms with Crippen LogP contribution in [0, 0.1) is 0 Å². The SMILES string of the molecule is CC1c2ccc(-c3cc4ncc(Cl)cn4n3)nc2CCN1C=O. The molecule has 3 aromatic rings. The monoisotopic (exact) mass is 327 g/mol. The Morgan fingerprint density at radius 3 is 3.04 bits per heavy atom. The van der Waals surface area contributed by atoms with E-state index in [0.717, 1.165) is 41.1 Å². The Kier molecular flexibility index (Phi) is 3.27. The molecule has 0 saturated heterocycles. The van der Waals surface area contributed by atoms with Gasteiger partial charge in [0.05, 0.1) is 23.0 Å². The third-order valence-electron chi connectivity index (χ3n) is 4.24. The molecule has 0 bridgehead atoms. The normalized spacial score (nSPS) is 17.3. The Bertz CT molecular complexity index is 907. The van der Waals surface area contributed by atoms with Gasteiger partial charge in [-0.1, -0.05) is 17.7 Å². The molecule has 0 radical (unpaired) electrons. The van der Waals surface area contributed by atoms with Crippen molar-refractivity contribution in [3.8, 4) is 11.4 Å². The van der Waals surface area contributed by atoms with Gasteiger partial charge in [-0.05, 0) is 18.6 Å².